The number of fused-ring (bicyclic) bond motifs is 24. The highest BCUT2D eigenvalue weighted by Gasteiger charge is 2.27. The van der Waals surface area contributed by atoms with Crippen molar-refractivity contribution in [1.29, 1.82) is 0 Å². The standard InChI is InChI=1S/C69H42N8.C64H41N5/c1-9-25-57-47(17-1)48-18-2-10-26-58(48)74(57)45-37-39-65-55(41-45)56-42-46(75-59-27-11-3-19-49(59)50-20-4-12-28-60(50)75)38-40-66(56)73(65)44-35-33-43(34-36-44)67-70-68(76-61-29-13-5-21-51(61)52-22-6-14-30-62(52)76)72-69(71-67)77-63-31-15-7-23-53(63)54-24-8-16-32-64(54)77;1-3-15-42(16-4-1)43-27-29-45(30-28-43)57-41-56(44-17-5-2-6-18-44)65-64(66-57)46-31-33-47(34-32-46)67-62-37-35-48(68-58-23-11-7-19-50(58)51-20-8-12-24-59(51)68)39-54(62)55-40-49(36-38-63(55)67)69-60-25-13-9-21-52(60)53-22-10-14-26-61(53)69/h1-42H;1-41H. The molecule has 0 fully saturated rings. The summed E-state index contributed by atoms with van der Waals surface area (Å²) in [6.07, 6.45) is 0. The maximum atomic E-state index is 5.38. The summed E-state index contributed by atoms with van der Waals surface area (Å²) in [5.74, 6) is 2.36. The lowest BCUT2D eigenvalue weighted by Gasteiger charge is -2.13. The molecule has 0 aliphatic carbocycles. The van der Waals surface area contributed by atoms with Crippen LogP contribution in [0.5, 0.6) is 0 Å². The highest BCUT2D eigenvalue weighted by molar-refractivity contribution is 6.18. The molecule has 0 aliphatic rings. The molecule has 680 valence electrons. The van der Waals surface area contributed by atoms with Gasteiger partial charge < -0.3 is 27.4 Å². The molecule has 10 aromatic heterocycles. The van der Waals surface area contributed by atoms with Crippen molar-refractivity contribution >= 4 is 174 Å². The van der Waals surface area contributed by atoms with Crippen molar-refractivity contribution in [2.24, 2.45) is 0 Å². The van der Waals surface area contributed by atoms with E-state index >= 15 is 0 Å². The molecule has 0 amide bonds. The Kier molecular flexibility index (Phi) is 18.5. The second kappa shape index (κ2) is 32.9. The molecule has 0 atom stereocenters. The summed E-state index contributed by atoms with van der Waals surface area (Å²) >= 11 is 0. The van der Waals surface area contributed by atoms with E-state index in [1.807, 2.05) is 12.1 Å². The molecule has 0 radical (unpaired) electrons. The lowest BCUT2D eigenvalue weighted by molar-refractivity contribution is 0.893. The Balaban J connectivity index is 0.000000136. The lowest BCUT2D eigenvalue weighted by Crippen LogP contribution is -2.10. The molecular formula is C133H83N13. The SMILES string of the molecule is c1ccc(-c2ccc(-c3cc(-c4ccccc4)nc(-c4ccc(-n5c6ccc(-n7c8ccccc8c8ccccc87)cc6c6cc(-n7c8ccccc8c8ccccc87)ccc65)cc4)n3)cc2)cc1.c1ccc2c(c1)c1ccccc1n2-c1ccc2c(c1)c1cc(-n3c4ccccc4c4ccccc43)ccc1n2-c1ccc(-c2nc(-n3c4ccccc4c4ccccc43)nc(-n3c4ccccc4c4ccccc43)n2)cc1. The molecule has 0 spiro atoms. The molecule has 0 bridgehead atoms. The van der Waals surface area contributed by atoms with E-state index in [1.165, 1.54) is 109 Å². The highest BCUT2D eigenvalue weighted by Crippen LogP contribution is 2.46. The first-order chi connectivity index (χ1) is 72.4. The van der Waals surface area contributed by atoms with Gasteiger partial charge in [0.05, 0.1) is 99.7 Å². The molecule has 31 aromatic rings. The number of benzene rings is 21. The van der Waals surface area contributed by atoms with Gasteiger partial charge in [0.15, 0.2) is 11.6 Å². The first kappa shape index (κ1) is 82.0. The average Bonchev–Trinajstić information content (AvgIpc) is 1.58. The second-order valence-electron chi connectivity index (χ2n) is 37.8. The van der Waals surface area contributed by atoms with Gasteiger partial charge in [-0.3, -0.25) is 9.13 Å². The first-order valence-corrected chi connectivity index (χ1v) is 49.6. The van der Waals surface area contributed by atoms with Gasteiger partial charge >= 0.3 is 0 Å². The number of para-hydroxylation sites is 12. The molecule has 21 aromatic carbocycles. The van der Waals surface area contributed by atoms with E-state index in [0.29, 0.717) is 23.5 Å². The zero-order valence-electron chi connectivity index (χ0n) is 78.7. The predicted octanol–water partition coefficient (Wildman–Crippen LogP) is 33.5. The van der Waals surface area contributed by atoms with Gasteiger partial charge in [-0.15, -0.1) is 0 Å². The third kappa shape index (κ3) is 12.9. The van der Waals surface area contributed by atoms with Crippen LogP contribution in [-0.4, -0.2) is 61.5 Å². The maximum absolute atomic E-state index is 5.38. The van der Waals surface area contributed by atoms with Gasteiger partial charge in [0, 0.05) is 143 Å². The van der Waals surface area contributed by atoms with Crippen LogP contribution < -0.4 is 0 Å². The Morgan fingerprint density at radius 3 is 0.548 bits per heavy atom. The number of nitrogens with zero attached hydrogens (tertiary/aromatic N) is 13. The molecule has 31 rings (SSSR count). The van der Waals surface area contributed by atoms with Crippen LogP contribution in [0.1, 0.15) is 0 Å². The van der Waals surface area contributed by atoms with Crippen molar-refractivity contribution in [3.8, 4) is 102 Å². The first-order valence-electron chi connectivity index (χ1n) is 49.6. The average molecular weight is 1860 g/mol. The summed E-state index contributed by atoms with van der Waals surface area (Å²) < 4.78 is 18.8. The molecule has 0 saturated heterocycles. The summed E-state index contributed by atoms with van der Waals surface area (Å²) in [5, 5.41) is 19.2. The van der Waals surface area contributed by atoms with Crippen LogP contribution >= 0.6 is 0 Å². The zero-order valence-corrected chi connectivity index (χ0v) is 78.7. The van der Waals surface area contributed by atoms with E-state index in [0.717, 1.165) is 144 Å². The molecule has 0 N–H and O–H groups in total. The van der Waals surface area contributed by atoms with Gasteiger partial charge in [0.25, 0.3) is 0 Å². The molecule has 0 aliphatic heterocycles. The zero-order chi connectivity index (χ0) is 95.7. The smallest absolute Gasteiger partial charge is 0.240 e. The number of aromatic nitrogens is 13. The van der Waals surface area contributed by atoms with Crippen molar-refractivity contribution < 1.29 is 0 Å². The third-order valence-electron chi connectivity index (χ3n) is 29.8. The van der Waals surface area contributed by atoms with Gasteiger partial charge in [-0.05, 0) is 211 Å². The van der Waals surface area contributed by atoms with Crippen LogP contribution in [0.4, 0.5) is 0 Å². The summed E-state index contributed by atoms with van der Waals surface area (Å²) in [5.41, 5.74) is 32.7. The largest absolute Gasteiger partial charge is 0.309 e. The topological polar surface area (TPSA) is 104 Å². The maximum Gasteiger partial charge on any atom is 0.240 e. The molecule has 13 heteroatoms. The van der Waals surface area contributed by atoms with Crippen molar-refractivity contribution in [3.63, 3.8) is 0 Å². The molecule has 13 nitrogen and oxygen atoms in total. The fraction of sp³-hybridized carbons (Fsp3) is 0. The Hall–Kier alpha value is -19.9. The highest BCUT2D eigenvalue weighted by atomic mass is 15.3. The van der Waals surface area contributed by atoms with Crippen LogP contribution in [0.15, 0.2) is 504 Å². The molecule has 146 heavy (non-hydrogen) atoms. The molecule has 0 saturated carbocycles. The molecule has 10 heterocycles. The minimum Gasteiger partial charge on any atom is -0.309 e. The van der Waals surface area contributed by atoms with E-state index in [2.05, 4.69) is 528 Å². The second-order valence-corrected chi connectivity index (χ2v) is 37.8. The van der Waals surface area contributed by atoms with Gasteiger partial charge in [-0.25, -0.2) is 9.97 Å². The number of hydrogen-bond donors (Lipinski definition) is 0. The van der Waals surface area contributed by atoms with Crippen molar-refractivity contribution in [2.75, 3.05) is 0 Å². The van der Waals surface area contributed by atoms with Crippen LogP contribution in [0.3, 0.4) is 0 Å². The van der Waals surface area contributed by atoms with Gasteiger partial charge in [-0.2, -0.15) is 15.0 Å². The quantitative estimate of drug-likeness (QED) is 0.114. The van der Waals surface area contributed by atoms with E-state index < -0.39 is 0 Å². The van der Waals surface area contributed by atoms with Crippen LogP contribution in [-0.2, 0) is 0 Å². The Morgan fingerprint density at radius 1 is 0.110 bits per heavy atom. The summed E-state index contributed by atoms with van der Waals surface area (Å²) in [7, 11) is 0. The van der Waals surface area contributed by atoms with E-state index in [4.69, 9.17) is 24.9 Å². The predicted molar refractivity (Wildman–Crippen MR) is 604 cm³/mol. The van der Waals surface area contributed by atoms with Crippen molar-refractivity contribution in [2.45, 2.75) is 0 Å². The van der Waals surface area contributed by atoms with Crippen LogP contribution in [0.25, 0.3) is 277 Å². The van der Waals surface area contributed by atoms with Gasteiger partial charge in [0.1, 0.15) is 0 Å². The monoisotopic (exact) mass is 1860 g/mol. The van der Waals surface area contributed by atoms with E-state index in [-0.39, 0.29) is 0 Å². The van der Waals surface area contributed by atoms with Gasteiger partial charge in [-0.1, -0.05) is 303 Å². The molecular weight excluding hydrogens is 1780 g/mol. The normalized spacial score (nSPS) is 12.0. The Bertz CT molecular complexity index is 9990. The number of rotatable bonds is 13. The van der Waals surface area contributed by atoms with Crippen LogP contribution in [0.2, 0.25) is 0 Å². The third-order valence-corrected chi connectivity index (χ3v) is 29.8. The number of hydrogen-bond acceptors (Lipinski definition) is 5. The Labute approximate surface area is 836 Å². The van der Waals surface area contributed by atoms with Crippen molar-refractivity contribution in [3.05, 3.63) is 504 Å². The van der Waals surface area contributed by atoms with E-state index in [1.54, 1.807) is 0 Å². The van der Waals surface area contributed by atoms with Gasteiger partial charge in [0.2, 0.25) is 11.9 Å². The summed E-state index contributed by atoms with van der Waals surface area (Å²) in [6.45, 7) is 0. The summed E-state index contributed by atoms with van der Waals surface area (Å²) in [4.78, 5) is 26.6. The van der Waals surface area contributed by atoms with E-state index in [9.17, 15) is 0 Å². The lowest BCUT2D eigenvalue weighted by atomic mass is 10.0. The minimum absolute atomic E-state index is 0.550. The summed E-state index contributed by atoms with van der Waals surface area (Å²) in [6, 6.07) is 181. The fourth-order valence-corrected chi connectivity index (χ4v) is 23.3. The fourth-order valence-electron chi connectivity index (χ4n) is 23.3. The van der Waals surface area contributed by atoms with Crippen LogP contribution in [0, 0.1) is 0 Å². The molecule has 0 unspecified atom stereocenters. The minimum atomic E-state index is 0.550. The Morgan fingerprint density at radius 2 is 0.288 bits per heavy atom. The van der Waals surface area contributed by atoms with Crippen molar-refractivity contribution in [1.82, 2.24) is 61.5 Å².